The number of nitrogens with one attached hydrogen (secondary N) is 1. The molecule has 0 atom stereocenters. The number of carbonyl (C=O) groups is 1. The number of anilines is 1. The van der Waals surface area contributed by atoms with Crippen LogP contribution < -0.4 is 21.2 Å². The lowest BCUT2D eigenvalue weighted by Crippen LogP contribution is -2.41. The zero-order valence-electron chi connectivity index (χ0n) is 25.4. The van der Waals surface area contributed by atoms with Crippen molar-refractivity contribution in [2.75, 3.05) is 11.9 Å². The van der Waals surface area contributed by atoms with Crippen molar-refractivity contribution >= 4 is 55.6 Å². The Balaban J connectivity index is 2.01. The highest BCUT2D eigenvalue weighted by Crippen LogP contribution is 2.47. The van der Waals surface area contributed by atoms with E-state index in [0.717, 1.165) is 27.0 Å². The van der Waals surface area contributed by atoms with Crippen LogP contribution in [0, 0.1) is 13.8 Å². The molecule has 5 rings (SSSR count). The zero-order chi connectivity index (χ0) is 31.9. The Bertz CT molecular complexity index is 1850. The van der Waals surface area contributed by atoms with E-state index in [2.05, 4.69) is 9.71 Å². The van der Waals surface area contributed by atoms with Gasteiger partial charge >= 0.3 is 5.97 Å². The van der Waals surface area contributed by atoms with E-state index in [4.69, 9.17) is 4.74 Å². The molecular weight excluding hydrogens is 599 g/mol. The fourth-order valence-electron chi connectivity index (χ4n) is 5.16. The van der Waals surface area contributed by atoms with Gasteiger partial charge in [-0.25, -0.2) is 4.79 Å². The van der Waals surface area contributed by atoms with Gasteiger partial charge in [0.1, 0.15) is 5.29 Å². The summed E-state index contributed by atoms with van der Waals surface area (Å²) in [4.78, 5) is 14.5. The number of hydrogen-bond donors (Lipinski definition) is 1. The van der Waals surface area contributed by atoms with Gasteiger partial charge in [-0.1, -0.05) is 126 Å². The van der Waals surface area contributed by atoms with Crippen molar-refractivity contribution < 1.29 is 17.9 Å². The fraction of sp³-hybridized carbons (Fsp3) is 0.108. The second-order valence-electron chi connectivity index (χ2n) is 10.5. The first-order valence-electron chi connectivity index (χ1n) is 14.6. The molecule has 0 aliphatic rings. The average Bonchev–Trinajstić information content (AvgIpc) is 3.06. The van der Waals surface area contributed by atoms with Crippen molar-refractivity contribution in [3.63, 3.8) is 0 Å². The first kappa shape index (κ1) is 31.7. The molecule has 0 saturated heterocycles. The monoisotopic (exact) mass is 634 g/mol. The predicted octanol–water partition coefficient (Wildman–Crippen LogP) is 6.23. The van der Waals surface area contributed by atoms with Crippen LogP contribution in [0.2, 0.25) is 0 Å². The van der Waals surface area contributed by atoms with E-state index in [0.29, 0.717) is 5.69 Å². The molecule has 0 amide bonds. The van der Waals surface area contributed by atoms with E-state index in [1.807, 2.05) is 129 Å². The van der Waals surface area contributed by atoms with Crippen molar-refractivity contribution in [1.82, 2.24) is 0 Å². The molecule has 0 bridgehead atoms. The minimum Gasteiger partial charge on any atom is -0.462 e. The molecule has 0 aliphatic heterocycles. The Morgan fingerprint density at radius 1 is 0.667 bits per heavy atom. The lowest BCUT2D eigenvalue weighted by molar-refractivity contribution is -0.134. The normalized spacial score (nSPS) is 11.9. The van der Waals surface area contributed by atoms with Crippen molar-refractivity contribution in [3.05, 3.63) is 151 Å². The van der Waals surface area contributed by atoms with Crippen LogP contribution in [0.3, 0.4) is 0 Å². The number of sulfonamides is 1. The topological polar surface area (TPSA) is 84.8 Å². The third-order valence-electron chi connectivity index (χ3n) is 7.30. The number of carbonyl (C=O) groups excluding carboxylic acids is 1. The maximum atomic E-state index is 14.5. The van der Waals surface area contributed by atoms with Crippen LogP contribution in [-0.4, -0.2) is 32.1 Å². The number of aryl methyl sites for hydroxylation is 2. The number of nitrogens with zero attached hydrogens (tertiary/aromatic N) is 1. The van der Waals surface area contributed by atoms with Crippen LogP contribution >= 0.6 is 6.89 Å². The van der Waals surface area contributed by atoms with Crippen LogP contribution in [0.4, 0.5) is 5.69 Å². The highest BCUT2D eigenvalue weighted by molar-refractivity contribution is 7.98. The molecule has 6 nitrogen and oxygen atoms in total. The highest BCUT2D eigenvalue weighted by atomic mass is 32.2. The van der Waals surface area contributed by atoms with Gasteiger partial charge in [0.05, 0.1) is 11.5 Å². The van der Waals surface area contributed by atoms with Gasteiger partial charge in [-0.2, -0.15) is 8.42 Å². The predicted molar refractivity (Wildman–Crippen MR) is 187 cm³/mol. The second-order valence-corrected chi connectivity index (χ2v) is 15.4. The lowest BCUT2D eigenvalue weighted by atomic mass is 10.2. The van der Waals surface area contributed by atoms with Crippen LogP contribution in [0.1, 0.15) is 18.1 Å². The van der Waals surface area contributed by atoms with Gasteiger partial charge in [-0.05, 0) is 67.8 Å². The maximum Gasteiger partial charge on any atom is 0.343 e. The maximum absolute atomic E-state index is 14.5. The van der Waals surface area contributed by atoms with Crippen LogP contribution in [0.15, 0.2) is 149 Å². The molecule has 0 aromatic heterocycles. The van der Waals surface area contributed by atoms with Gasteiger partial charge in [0.25, 0.3) is 10.0 Å². The quantitative estimate of drug-likeness (QED) is 0.0900. The smallest absolute Gasteiger partial charge is 0.343 e. The Labute approximate surface area is 265 Å². The van der Waals surface area contributed by atoms with Gasteiger partial charge in [0.15, 0.2) is 5.84 Å². The van der Waals surface area contributed by atoms with E-state index in [1.165, 1.54) is 12.1 Å². The SMILES string of the molecule is CCOC(=O)C(/C(=N/S(=O)(=O)c1ccc(C)cc1)Nc1ccc(C)cc1)=P(c1ccccc1)(c1ccccc1)c1ccccc1. The minimum absolute atomic E-state index is 0.0163. The Hall–Kier alpha value is -4.71. The largest absolute Gasteiger partial charge is 0.462 e. The first-order valence-corrected chi connectivity index (χ1v) is 17.8. The van der Waals surface area contributed by atoms with E-state index < -0.39 is 22.9 Å². The molecule has 1 N–H and O–H groups in total. The number of benzene rings is 5. The minimum atomic E-state index is -4.29. The molecule has 0 saturated carbocycles. The van der Waals surface area contributed by atoms with Gasteiger partial charge in [0, 0.05) is 5.69 Å². The molecule has 0 heterocycles. The summed E-state index contributed by atoms with van der Waals surface area (Å²) in [6, 6.07) is 43.1. The van der Waals surface area contributed by atoms with Crippen molar-refractivity contribution in [2.45, 2.75) is 25.7 Å². The third kappa shape index (κ3) is 6.85. The summed E-state index contributed by atoms with van der Waals surface area (Å²) >= 11 is 0. The molecule has 228 valence electrons. The molecule has 5 aromatic carbocycles. The van der Waals surface area contributed by atoms with Gasteiger partial charge < -0.3 is 10.1 Å². The lowest BCUT2D eigenvalue weighted by Gasteiger charge is -2.32. The number of amidine groups is 1. The summed E-state index contributed by atoms with van der Waals surface area (Å²) in [5, 5.41) is 5.93. The molecule has 0 aliphatic carbocycles. The van der Waals surface area contributed by atoms with Crippen molar-refractivity contribution in [3.8, 4) is 0 Å². The second kappa shape index (κ2) is 13.9. The first-order chi connectivity index (χ1) is 21.8. The third-order valence-corrected chi connectivity index (χ3v) is 12.9. The van der Waals surface area contributed by atoms with Crippen LogP contribution in [-0.2, 0) is 19.6 Å². The van der Waals surface area contributed by atoms with E-state index in [9.17, 15) is 13.2 Å². The molecular formula is C37H35N2O4PS. The van der Waals surface area contributed by atoms with Gasteiger partial charge in [-0.15, -0.1) is 4.40 Å². The Kier molecular flexibility index (Phi) is 9.82. The molecule has 8 heteroatoms. The summed E-state index contributed by atoms with van der Waals surface area (Å²) in [5.74, 6) is -0.748. The Morgan fingerprint density at radius 3 is 1.51 bits per heavy atom. The molecule has 0 unspecified atom stereocenters. The molecule has 45 heavy (non-hydrogen) atoms. The fourth-order valence-corrected chi connectivity index (χ4v) is 10.5. The molecule has 0 spiro atoms. The number of esters is 1. The number of hydrogen-bond acceptors (Lipinski definition) is 4. The van der Waals surface area contributed by atoms with E-state index in [-0.39, 0.29) is 22.6 Å². The number of ether oxygens (including phenoxy) is 1. The summed E-state index contributed by atoms with van der Waals surface area (Å²) < 4.78 is 38.3. The average molecular weight is 635 g/mol. The van der Waals surface area contributed by atoms with Crippen molar-refractivity contribution in [2.24, 2.45) is 4.40 Å². The molecule has 0 radical (unpaired) electrons. The van der Waals surface area contributed by atoms with Crippen molar-refractivity contribution in [1.29, 1.82) is 0 Å². The molecule has 5 aromatic rings. The van der Waals surface area contributed by atoms with Gasteiger partial charge in [-0.3, -0.25) is 0 Å². The number of rotatable bonds is 9. The summed E-state index contributed by atoms with van der Waals surface area (Å²) in [5.41, 5.74) is 2.52. The zero-order valence-corrected chi connectivity index (χ0v) is 27.1. The summed E-state index contributed by atoms with van der Waals surface area (Å²) in [6.45, 7) is 2.52. The summed E-state index contributed by atoms with van der Waals surface area (Å²) in [7, 11) is -4.29. The summed E-state index contributed by atoms with van der Waals surface area (Å²) in [6.07, 6.45) is 0. The van der Waals surface area contributed by atoms with E-state index in [1.54, 1.807) is 19.1 Å². The van der Waals surface area contributed by atoms with Crippen LogP contribution in [0.25, 0.3) is 0 Å². The Morgan fingerprint density at radius 2 is 1.09 bits per heavy atom. The van der Waals surface area contributed by atoms with E-state index >= 15 is 0 Å². The highest BCUT2D eigenvalue weighted by Gasteiger charge is 2.37. The molecule has 0 fully saturated rings. The standard InChI is InChI=1S/C37H35N2O4PS/c1-4-43-37(40)35(36(38-30-24-20-28(2)21-25-30)39-45(41,42)34-26-22-29(3)23-27-34)44(31-14-8-5-9-15-31,32-16-10-6-11-17-32)33-18-12-7-13-19-33/h5-27H,4H2,1-3H3,(H,38,39). The van der Waals surface area contributed by atoms with Crippen LogP contribution in [0.5, 0.6) is 0 Å². The van der Waals surface area contributed by atoms with Gasteiger partial charge in [0.2, 0.25) is 0 Å².